The lowest BCUT2D eigenvalue weighted by Gasteiger charge is -2.08. The molecule has 2 aromatic rings. The van der Waals surface area contributed by atoms with E-state index in [0.717, 1.165) is 17.7 Å². The van der Waals surface area contributed by atoms with Gasteiger partial charge in [0.15, 0.2) is 0 Å². The number of para-hydroxylation sites is 1. The third-order valence-corrected chi connectivity index (χ3v) is 3.65. The Morgan fingerprint density at radius 3 is 2.60 bits per heavy atom. The molecule has 0 aliphatic heterocycles. The van der Waals surface area contributed by atoms with Gasteiger partial charge in [0.05, 0.1) is 23.4 Å². The number of nitrogens with zero attached hydrogens (tertiary/aromatic N) is 2. The van der Waals surface area contributed by atoms with Gasteiger partial charge < -0.3 is 4.74 Å². The molecule has 0 amide bonds. The predicted octanol–water partition coefficient (Wildman–Crippen LogP) is 5.00. The van der Waals surface area contributed by atoms with Crippen molar-refractivity contribution in [3.05, 3.63) is 64.2 Å². The Kier molecular flexibility index (Phi) is 7.43. The molecule has 1 N–H and O–H groups in total. The lowest BCUT2D eigenvalue weighted by molar-refractivity contribution is -0.384. The van der Waals surface area contributed by atoms with Crippen LogP contribution in [0.3, 0.4) is 0 Å². The number of unbranched alkanes of at least 4 members (excludes halogenated alkanes) is 3. The summed E-state index contributed by atoms with van der Waals surface area (Å²) in [6.45, 7) is 2.88. The highest BCUT2D eigenvalue weighted by Crippen LogP contribution is 2.18. The standard InChI is InChI=1S/C19H23N3O3/c1-2-3-4-7-14-25-19-9-6-5-8-16(19)15-20-21-17-10-12-18(13-11-17)22(23)24/h5-6,8-13,15,21H,2-4,7,14H2,1H3. The lowest BCUT2D eigenvalue weighted by atomic mass is 10.2. The SMILES string of the molecule is CCCCCCOc1ccccc1C=NNc1ccc([N+](=O)[O-])cc1. The molecule has 0 saturated carbocycles. The van der Waals surface area contributed by atoms with Gasteiger partial charge in [0.25, 0.3) is 5.69 Å². The fraction of sp³-hybridized carbons (Fsp3) is 0.316. The van der Waals surface area contributed by atoms with Crippen LogP contribution in [0.15, 0.2) is 53.6 Å². The van der Waals surface area contributed by atoms with Crippen LogP contribution in [0.1, 0.15) is 38.2 Å². The maximum absolute atomic E-state index is 10.6. The highest BCUT2D eigenvalue weighted by molar-refractivity contribution is 5.84. The molecule has 0 aromatic heterocycles. The van der Waals surface area contributed by atoms with Gasteiger partial charge in [-0.15, -0.1) is 0 Å². The van der Waals surface area contributed by atoms with Crippen LogP contribution in [0.2, 0.25) is 0 Å². The molecule has 0 saturated heterocycles. The molecule has 0 atom stereocenters. The highest BCUT2D eigenvalue weighted by atomic mass is 16.6. The quantitative estimate of drug-likeness (QED) is 0.285. The largest absolute Gasteiger partial charge is 0.493 e. The van der Waals surface area contributed by atoms with E-state index >= 15 is 0 Å². The van der Waals surface area contributed by atoms with E-state index in [1.807, 2.05) is 24.3 Å². The lowest BCUT2D eigenvalue weighted by Crippen LogP contribution is -2.00. The predicted molar refractivity (Wildman–Crippen MR) is 100 cm³/mol. The first-order valence-corrected chi connectivity index (χ1v) is 8.46. The molecule has 0 unspecified atom stereocenters. The Balaban J connectivity index is 1.90. The van der Waals surface area contributed by atoms with Crippen LogP contribution < -0.4 is 10.2 Å². The number of ether oxygens (including phenoxy) is 1. The van der Waals surface area contributed by atoms with E-state index in [4.69, 9.17) is 4.74 Å². The average molecular weight is 341 g/mol. The van der Waals surface area contributed by atoms with Crippen molar-refractivity contribution >= 4 is 17.6 Å². The van der Waals surface area contributed by atoms with E-state index < -0.39 is 4.92 Å². The summed E-state index contributed by atoms with van der Waals surface area (Å²) < 4.78 is 5.83. The molecule has 0 fully saturated rings. The van der Waals surface area contributed by atoms with Crippen LogP contribution in [0.4, 0.5) is 11.4 Å². The van der Waals surface area contributed by atoms with Gasteiger partial charge in [-0.3, -0.25) is 15.5 Å². The van der Waals surface area contributed by atoms with Crippen molar-refractivity contribution in [2.24, 2.45) is 5.10 Å². The molecule has 0 aliphatic rings. The Morgan fingerprint density at radius 1 is 1.12 bits per heavy atom. The molecule has 0 bridgehead atoms. The van der Waals surface area contributed by atoms with Crippen molar-refractivity contribution in [3.8, 4) is 5.75 Å². The maximum atomic E-state index is 10.6. The van der Waals surface area contributed by atoms with E-state index in [2.05, 4.69) is 17.5 Å². The van der Waals surface area contributed by atoms with E-state index in [0.29, 0.717) is 12.3 Å². The van der Waals surface area contributed by atoms with E-state index in [9.17, 15) is 10.1 Å². The normalized spacial score (nSPS) is 10.8. The van der Waals surface area contributed by atoms with E-state index in [1.54, 1.807) is 18.3 Å². The van der Waals surface area contributed by atoms with Gasteiger partial charge in [-0.1, -0.05) is 38.3 Å². The Hall–Kier alpha value is -2.89. The summed E-state index contributed by atoms with van der Waals surface area (Å²) in [4.78, 5) is 10.2. The van der Waals surface area contributed by atoms with Crippen LogP contribution in [0.25, 0.3) is 0 Å². The Labute approximate surface area is 147 Å². The number of hydrogen-bond acceptors (Lipinski definition) is 5. The number of hydrazone groups is 1. The molecule has 132 valence electrons. The van der Waals surface area contributed by atoms with Gasteiger partial charge >= 0.3 is 0 Å². The molecule has 2 aromatic carbocycles. The van der Waals surface area contributed by atoms with Gasteiger partial charge in [0.2, 0.25) is 0 Å². The fourth-order valence-electron chi connectivity index (χ4n) is 2.26. The third-order valence-electron chi connectivity index (χ3n) is 3.65. The second-order valence-corrected chi connectivity index (χ2v) is 5.62. The highest BCUT2D eigenvalue weighted by Gasteiger charge is 2.03. The summed E-state index contributed by atoms with van der Waals surface area (Å²) in [6.07, 6.45) is 6.33. The van der Waals surface area contributed by atoms with Crippen molar-refractivity contribution < 1.29 is 9.66 Å². The summed E-state index contributed by atoms with van der Waals surface area (Å²) in [7, 11) is 0. The molecular weight excluding hydrogens is 318 g/mol. The van der Waals surface area contributed by atoms with Crippen LogP contribution >= 0.6 is 0 Å². The number of benzene rings is 2. The van der Waals surface area contributed by atoms with Gasteiger partial charge in [-0.25, -0.2) is 0 Å². The third kappa shape index (κ3) is 6.25. The summed E-state index contributed by atoms with van der Waals surface area (Å²) in [5.41, 5.74) is 4.48. The summed E-state index contributed by atoms with van der Waals surface area (Å²) in [5.74, 6) is 0.799. The van der Waals surface area contributed by atoms with Crippen molar-refractivity contribution in [2.45, 2.75) is 32.6 Å². The average Bonchev–Trinajstić information content (AvgIpc) is 2.63. The zero-order valence-electron chi connectivity index (χ0n) is 14.4. The van der Waals surface area contributed by atoms with E-state index in [1.165, 1.54) is 31.4 Å². The number of rotatable bonds is 10. The number of nitro benzene ring substituents is 1. The number of anilines is 1. The first-order valence-electron chi connectivity index (χ1n) is 8.46. The second-order valence-electron chi connectivity index (χ2n) is 5.62. The van der Waals surface area contributed by atoms with Crippen LogP contribution in [-0.4, -0.2) is 17.7 Å². The minimum atomic E-state index is -0.429. The van der Waals surface area contributed by atoms with Crippen molar-refractivity contribution in [1.82, 2.24) is 0 Å². The summed E-state index contributed by atoms with van der Waals surface area (Å²) in [5, 5.41) is 14.8. The number of nitro groups is 1. The van der Waals surface area contributed by atoms with Crippen molar-refractivity contribution in [1.29, 1.82) is 0 Å². The minimum Gasteiger partial charge on any atom is -0.493 e. The molecule has 6 nitrogen and oxygen atoms in total. The van der Waals surface area contributed by atoms with Crippen molar-refractivity contribution in [2.75, 3.05) is 12.0 Å². The zero-order chi connectivity index (χ0) is 17.9. The molecule has 0 heterocycles. The molecule has 6 heteroatoms. The monoisotopic (exact) mass is 341 g/mol. The second kappa shape index (κ2) is 10.1. The molecular formula is C19H23N3O3. The number of hydrogen-bond donors (Lipinski definition) is 1. The Bertz CT molecular complexity index is 699. The number of non-ortho nitro benzene ring substituents is 1. The van der Waals surface area contributed by atoms with Gasteiger partial charge in [-0.2, -0.15) is 5.10 Å². The Morgan fingerprint density at radius 2 is 1.88 bits per heavy atom. The first-order chi connectivity index (χ1) is 12.2. The van der Waals surface area contributed by atoms with Crippen molar-refractivity contribution in [3.63, 3.8) is 0 Å². The van der Waals surface area contributed by atoms with Gasteiger partial charge in [0, 0.05) is 17.7 Å². The molecule has 0 radical (unpaired) electrons. The topological polar surface area (TPSA) is 76.8 Å². The van der Waals surface area contributed by atoms with E-state index in [-0.39, 0.29) is 5.69 Å². The molecule has 0 aliphatic carbocycles. The maximum Gasteiger partial charge on any atom is 0.269 e. The van der Waals surface area contributed by atoms with Gasteiger partial charge in [-0.05, 0) is 30.7 Å². The fourth-order valence-corrected chi connectivity index (χ4v) is 2.26. The summed E-state index contributed by atoms with van der Waals surface area (Å²) >= 11 is 0. The molecule has 0 spiro atoms. The van der Waals surface area contributed by atoms with Crippen LogP contribution in [0, 0.1) is 10.1 Å². The molecule has 2 rings (SSSR count). The molecule has 25 heavy (non-hydrogen) atoms. The smallest absolute Gasteiger partial charge is 0.269 e. The van der Waals surface area contributed by atoms with Crippen LogP contribution in [0.5, 0.6) is 5.75 Å². The van der Waals surface area contributed by atoms with Crippen LogP contribution in [-0.2, 0) is 0 Å². The summed E-state index contributed by atoms with van der Waals surface area (Å²) in [6, 6.07) is 13.8. The zero-order valence-corrected chi connectivity index (χ0v) is 14.4. The minimum absolute atomic E-state index is 0.0522. The number of nitrogens with one attached hydrogen (secondary N) is 1. The van der Waals surface area contributed by atoms with Gasteiger partial charge in [0.1, 0.15) is 5.75 Å². The first kappa shape index (κ1) is 18.4.